The highest BCUT2D eigenvalue weighted by atomic mass is 16.5. The first kappa shape index (κ1) is 24.9. The lowest BCUT2D eigenvalue weighted by Gasteiger charge is -2.32. The smallest absolute Gasteiger partial charge is 0.330 e. The molecule has 0 saturated carbocycles. The second-order valence-electron chi connectivity index (χ2n) is 9.25. The Kier molecular flexibility index (Phi) is 8.18. The van der Waals surface area contributed by atoms with Gasteiger partial charge in [0.15, 0.2) is 0 Å². The van der Waals surface area contributed by atoms with Crippen molar-refractivity contribution in [1.82, 2.24) is 9.80 Å². The molecule has 7 nitrogen and oxygen atoms in total. The van der Waals surface area contributed by atoms with Crippen LogP contribution < -0.4 is 5.32 Å². The molecule has 2 aromatic carbocycles. The summed E-state index contributed by atoms with van der Waals surface area (Å²) in [5.41, 5.74) is 2.15. The van der Waals surface area contributed by atoms with Gasteiger partial charge in [-0.3, -0.25) is 19.4 Å². The molecule has 0 bridgehead atoms. The molecule has 1 unspecified atom stereocenters. The zero-order valence-corrected chi connectivity index (χ0v) is 20.6. The molecule has 0 radical (unpaired) electrons. The Balaban J connectivity index is 1.40. The molecule has 1 saturated heterocycles. The Morgan fingerprint density at radius 2 is 1.89 bits per heavy atom. The maximum atomic E-state index is 13.4. The van der Waals surface area contributed by atoms with Gasteiger partial charge in [0.1, 0.15) is 0 Å². The number of likely N-dealkylation sites (tertiary alicyclic amines) is 1. The Morgan fingerprint density at radius 3 is 2.66 bits per heavy atom. The van der Waals surface area contributed by atoms with Crippen molar-refractivity contribution < 1.29 is 19.1 Å². The average molecular weight is 478 g/mol. The lowest BCUT2D eigenvalue weighted by molar-refractivity contribution is -0.137. The number of likely N-dealkylation sites (N-methyl/N-ethyl adjacent to an activating group) is 1. The number of hydrogen-bond acceptors (Lipinski definition) is 6. The molecule has 0 spiro atoms. The fourth-order valence-corrected chi connectivity index (χ4v) is 5.23. The van der Waals surface area contributed by atoms with Crippen LogP contribution in [0.25, 0.3) is 10.8 Å². The van der Waals surface area contributed by atoms with E-state index >= 15 is 0 Å². The number of rotatable bonds is 12. The molecule has 4 rings (SSSR count). The summed E-state index contributed by atoms with van der Waals surface area (Å²) in [5.74, 6) is -0.758. The summed E-state index contributed by atoms with van der Waals surface area (Å²) in [5, 5.41) is 5.15. The van der Waals surface area contributed by atoms with Crippen LogP contribution in [0, 0.1) is 0 Å². The van der Waals surface area contributed by atoms with Gasteiger partial charge in [0.25, 0.3) is 11.8 Å². The number of carbonyl (C=O) groups excluding carboxylic acids is 3. The third-order valence-corrected chi connectivity index (χ3v) is 7.09. The number of imide groups is 1. The number of benzene rings is 2. The molecule has 2 aliphatic heterocycles. The van der Waals surface area contributed by atoms with Crippen LogP contribution in [-0.4, -0.2) is 66.4 Å². The minimum Gasteiger partial charge on any atom is -0.463 e. The van der Waals surface area contributed by atoms with Crippen LogP contribution in [0.5, 0.6) is 0 Å². The van der Waals surface area contributed by atoms with E-state index in [0.717, 1.165) is 74.6 Å². The number of esters is 1. The van der Waals surface area contributed by atoms with Crippen LogP contribution in [-0.2, 0) is 9.53 Å². The molecule has 35 heavy (non-hydrogen) atoms. The summed E-state index contributed by atoms with van der Waals surface area (Å²) in [7, 11) is 0. The van der Waals surface area contributed by atoms with Crippen LogP contribution in [0.2, 0.25) is 0 Å². The number of amides is 2. The summed E-state index contributed by atoms with van der Waals surface area (Å²) in [6, 6.07) is 9.76. The molecule has 2 aromatic rings. The van der Waals surface area contributed by atoms with E-state index < -0.39 is 0 Å². The standard InChI is InChI=1S/C28H35N3O4/c1-3-25(32)35-18-8-6-5-7-16-29-24-15-14-23-26-21(24)12-9-13-22(26)27(33)31(28(23)34)19-20-11-10-17-30(20)4-2/h3,9,12-15,20,29H,1,4-8,10-11,16-19H2,2H3. The fourth-order valence-electron chi connectivity index (χ4n) is 5.23. The monoisotopic (exact) mass is 477 g/mol. The SMILES string of the molecule is C=CC(=O)OCCCCCCNc1ccc2c3c(cccc13)C(=O)N(CC1CCCN1CC)C2=O. The minimum atomic E-state index is -0.379. The molecule has 0 aliphatic carbocycles. The predicted molar refractivity (Wildman–Crippen MR) is 138 cm³/mol. The van der Waals surface area contributed by atoms with E-state index in [1.165, 1.54) is 11.0 Å². The van der Waals surface area contributed by atoms with Crippen molar-refractivity contribution in [2.45, 2.75) is 51.5 Å². The largest absolute Gasteiger partial charge is 0.463 e. The predicted octanol–water partition coefficient (Wildman–Crippen LogP) is 4.62. The lowest BCUT2D eigenvalue weighted by Crippen LogP contribution is -2.47. The van der Waals surface area contributed by atoms with Gasteiger partial charge in [0.2, 0.25) is 0 Å². The highest BCUT2D eigenvalue weighted by molar-refractivity contribution is 6.26. The Morgan fingerprint density at radius 1 is 1.11 bits per heavy atom. The first-order valence-corrected chi connectivity index (χ1v) is 12.7. The summed E-state index contributed by atoms with van der Waals surface area (Å²) in [4.78, 5) is 41.6. The van der Waals surface area contributed by atoms with Crippen molar-refractivity contribution in [1.29, 1.82) is 0 Å². The normalized spacial score (nSPS) is 17.7. The number of nitrogens with one attached hydrogen (secondary N) is 1. The van der Waals surface area contributed by atoms with Crippen molar-refractivity contribution in [2.24, 2.45) is 0 Å². The Bertz CT molecular complexity index is 1090. The topological polar surface area (TPSA) is 79.0 Å². The maximum Gasteiger partial charge on any atom is 0.330 e. The second kappa shape index (κ2) is 11.5. The first-order valence-electron chi connectivity index (χ1n) is 12.7. The van der Waals surface area contributed by atoms with Crippen molar-refractivity contribution >= 4 is 34.2 Å². The fraction of sp³-hybridized carbons (Fsp3) is 0.464. The number of hydrogen-bond donors (Lipinski definition) is 1. The van der Waals surface area contributed by atoms with E-state index in [-0.39, 0.29) is 23.8 Å². The van der Waals surface area contributed by atoms with Crippen LogP contribution in [0.3, 0.4) is 0 Å². The van der Waals surface area contributed by atoms with Gasteiger partial charge in [-0.2, -0.15) is 0 Å². The van der Waals surface area contributed by atoms with E-state index in [1.54, 1.807) is 0 Å². The molecule has 2 aliphatic rings. The van der Waals surface area contributed by atoms with Gasteiger partial charge in [-0.1, -0.05) is 32.1 Å². The van der Waals surface area contributed by atoms with E-state index in [1.807, 2.05) is 30.3 Å². The number of anilines is 1. The number of nitrogens with zero attached hydrogens (tertiary/aromatic N) is 2. The van der Waals surface area contributed by atoms with Crippen LogP contribution in [0.4, 0.5) is 5.69 Å². The molecule has 1 atom stereocenters. The average Bonchev–Trinajstić information content (AvgIpc) is 3.34. The van der Waals surface area contributed by atoms with Gasteiger partial charge in [-0.25, -0.2) is 4.79 Å². The highest BCUT2D eigenvalue weighted by Crippen LogP contribution is 2.35. The van der Waals surface area contributed by atoms with E-state index in [4.69, 9.17) is 4.74 Å². The third kappa shape index (κ3) is 5.40. The highest BCUT2D eigenvalue weighted by Gasteiger charge is 2.36. The Hall–Kier alpha value is -3.19. The number of ether oxygens (including phenoxy) is 1. The van der Waals surface area contributed by atoms with E-state index in [0.29, 0.717) is 24.3 Å². The van der Waals surface area contributed by atoms with Gasteiger partial charge >= 0.3 is 5.97 Å². The molecule has 2 heterocycles. The van der Waals surface area contributed by atoms with Gasteiger partial charge in [0.05, 0.1) is 6.61 Å². The maximum absolute atomic E-state index is 13.4. The molecule has 1 fully saturated rings. The lowest BCUT2D eigenvalue weighted by atomic mass is 9.92. The number of unbranched alkanes of at least 4 members (excludes halogenated alkanes) is 3. The first-order chi connectivity index (χ1) is 17.0. The summed E-state index contributed by atoms with van der Waals surface area (Å²) in [6.07, 6.45) is 7.10. The molecular formula is C28H35N3O4. The zero-order chi connectivity index (χ0) is 24.8. The summed E-state index contributed by atoms with van der Waals surface area (Å²) in [6.45, 7) is 9.14. The van der Waals surface area contributed by atoms with Gasteiger partial charge in [-0.05, 0) is 63.4 Å². The van der Waals surface area contributed by atoms with E-state index in [9.17, 15) is 14.4 Å². The summed E-state index contributed by atoms with van der Waals surface area (Å²) >= 11 is 0. The molecule has 7 heteroatoms. The third-order valence-electron chi connectivity index (χ3n) is 7.09. The second-order valence-corrected chi connectivity index (χ2v) is 9.25. The zero-order valence-electron chi connectivity index (χ0n) is 20.6. The van der Waals surface area contributed by atoms with Crippen LogP contribution in [0.1, 0.15) is 66.2 Å². The van der Waals surface area contributed by atoms with Crippen molar-refractivity contribution in [3.05, 3.63) is 54.1 Å². The molecule has 2 amide bonds. The van der Waals surface area contributed by atoms with Gasteiger partial charge in [-0.15, -0.1) is 0 Å². The molecular weight excluding hydrogens is 442 g/mol. The van der Waals surface area contributed by atoms with Gasteiger partial charge < -0.3 is 10.1 Å². The quantitative estimate of drug-likeness (QED) is 0.208. The minimum absolute atomic E-state index is 0.189. The van der Waals surface area contributed by atoms with Gasteiger partial charge in [0, 0.05) is 52.8 Å². The van der Waals surface area contributed by atoms with Crippen LogP contribution >= 0.6 is 0 Å². The van der Waals surface area contributed by atoms with Crippen molar-refractivity contribution in [3.63, 3.8) is 0 Å². The van der Waals surface area contributed by atoms with Crippen molar-refractivity contribution in [3.8, 4) is 0 Å². The van der Waals surface area contributed by atoms with Crippen LogP contribution in [0.15, 0.2) is 43.0 Å². The number of carbonyl (C=O) groups is 3. The molecule has 1 N–H and O–H groups in total. The Labute approximate surface area is 207 Å². The van der Waals surface area contributed by atoms with E-state index in [2.05, 4.69) is 23.7 Å². The summed E-state index contributed by atoms with van der Waals surface area (Å²) < 4.78 is 4.99. The van der Waals surface area contributed by atoms with Crippen molar-refractivity contribution in [2.75, 3.05) is 38.1 Å². The molecule has 0 aromatic heterocycles. The molecule has 186 valence electrons.